The summed E-state index contributed by atoms with van der Waals surface area (Å²) < 4.78 is 0. The minimum atomic E-state index is -0.773. The van der Waals surface area contributed by atoms with Gasteiger partial charge in [-0.1, -0.05) is 12.1 Å². The maximum absolute atomic E-state index is 12.8. The molecule has 6 nitrogen and oxygen atoms in total. The average Bonchev–Trinajstić information content (AvgIpc) is 3.01. The molecule has 116 valence electrons. The number of aromatic nitrogens is 2. The van der Waals surface area contributed by atoms with Crippen LogP contribution in [-0.2, 0) is 4.79 Å². The second-order valence-electron chi connectivity index (χ2n) is 5.83. The molecule has 2 aromatic rings. The fraction of sp³-hybridized carbons (Fsp3) is 0.438. The molecule has 1 aliphatic heterocycles. The van der Waals surface area contributed by atoms with E-state index in [1.807, 2.05) is 23.1 Å². The van der Waals surface area contributed by atoms with E-state index >= 15 is 0 Å². The number of H-pyrrole nitrogens is 1. The Morgan fingerprint density at radius 2 is 2.27 bits per heavy atom. The molecule has 1 fully saturated rings. The Morgan fingerprint density at radius 3 is 3.09 bits per heavy atom. The van der Waals surface area contributed by atoms with Crippen LogP contribution in [-0.4, -0.2) is 45.2 Å². The Bertz CT molecular complexity index is 695. The molecule has 22 heavy (non-hydrogen) atoms. The minimum absolute atomic E-state index is 0.00475. The van der Waals surface area contributed by atoms with Crippen LogP contribution in [0.3, 0.4) is 0 Å². The van der Waals surface area contributed by atoms with Crippen molar-refractivity contribution in [1.29, 1.82) is 0 Å². The molecule has 6 heteroatoms. The van der Waals surface area contributed by atoms with Gasteiger partial charge in [0.15, 0.2) is 0 Å². The average molecular weight is 301 g/mol. The Kier molecular flexibility index (Phi) is 4.09. The van der Waals surface area contributed by atoms with Gasteiger partial charge in [-0.15, -0.1) is 0 Å². The minimum Gasteiger partial charge on any atom is -0.481 e. The number of para-hydroxylation sites is 1. The van der Waals surface area contributed by atoms with Gasteiger partial charge in [-0.05, 0) is 31.2 Å². The van der Waals surface area contributed by atoms with Gasteiger partial charge < -0.3 is 10.0 Å². The molecule has 1 aromatic carbocycles. The summed E-state index contributed by atoms with van der Waals surface area (Å²) >= 11 is 0. The number of benzene rings is 1. The van der Waals surface area contributed by atoms with Gasteiger partial charge in [0.25, 0.3) is 5.91 Å². The van der Waals surface area contributed by atoms with E-state index in [2.05, 4.69) is 10.2 Å². The number of nitrogens with one attached hydrogen (secondary N) is 1. The van der Waals surface area contributed by atoms with E-state index in [1.54, 1.807) is 6.20 Å². The molecule has 0 bridgehead atoms. The summed E-state index contributed by atoms with van der Waals surface area (Å²) in [5.74, 6) is -0.504. The van der Waals surface area contributed by atoms with Crippen molar-refractivity contribution in [3.8, 4) is 0 Å². The first-order valence-electron chi connectivity index (χ1n) is 7.58. The van der Waals surface area contributed by atoms with Crippen LogP contribution in [0.4, 0.5) is 0 Å². The summed E-state index contributed by atoms with van der Waals surface area (Å²) in [4.78, 5) is 25.3. The van der Waals surface area contributed by atoms with Crippen molar-refractivity contribution in [3.63, 3.8) is 0 Å². The Balaban J connectivity index is 1.74. The zero-order valence-electron chi connectivity index (χ0n) is 12.3. The predicted octanol–water partition coefficient (Wildman–Crippen LogP) is 2.28. The first kappa shape index (κ1) is 14.6. The number of aliphatic carboxylic acids is 1. The summed E-state index contributed by atoms with van der Waals surface area (Å²) in [7, 11) is 0. The second kappa shape index (κ2) is 6.17. The smallest absolute Gasteiger partial charge is 0.303 e. The lowest BCUT2D eigenvalue weighted by Gasteiger charge is -2.32. The van der Waals surface area contributed by atoms with Crippen LogP contribution in [0.1, 0.15) is 36.0 Å². The molecular formula is C16H19N3O3. The monoisotopic (exact) mass is 301 g/mol. The van der Waals surface area contributed by atoms with Gasteiger partial charge in [-0.2, -0.15) is 5.10 Å². The third-order valence-electron chi connectivity index (χ3n) is 4.28. The number of aromatic amines is 1. The molecular weight excluding hydrogens is 282 g/mol. The highest BCUT2D eigenvalue weighted by molar-refractivity contribution is 6.05. The fourth-order valence-corrected chi connectivity index (χ4v) is 3.13. The lowest BCUT2D eigenvalue weighted by molar-refractivity contribution is -0.137. The molecule has 1 amide bonds. The third kappa shape index (κ3) is 2.95. The van der Waals surface area contributed by atoms with Crippen LogP contribution < -0.4 is 0 Å². The number of hydrogen-bond acceptors (Lipinski definition) is 3. The molecule has 0 spiro atoms. The molecule has 2 N–H and O–H groups in total. The highest BCUT2D eigenvalue weighted by Gasteiger charge is 2.26. The number of fused-ring (bicyclic) bond motifs is 1. The SMILES string of the molecule is O=C(O)CCC1CCCN(C(=O)c2cccc3cn[nH]c23)C1. The van der Waals surface area contributed by atoms with E-state index in [9.17, 15) is 9.59 Å². The van der Waals surface area contributed by atoms with E-state index in [4.69, 9.17) is 5.11 Å². The van der Waals surface area contributed by atoms with Crippen LogP contribution in [0.5, 0.6) is 0 Å². The number of carbonyl (C=O) groups is 2. The van der Waals surface area contributed by atoms with Crippen molar-refractivity contribution >= 4 is 22.8 Å². The molecule has 1 atom stereocenters. The number of piperidine rings is 1. The fourth-order valence-electron chi connectivity index (χ4n) is 3.13. The molecule has 1 aromatic heterocycles. The van der Waals surface area contributed by atoms with Gasteiger partial charge in [0.05, 0.1) is 17.3 Å². The highest BCUT2D eigenvalue weighted by Crippen LogP contribution is 2.24. The van der Waals surface area contributed by atoms with Crippen LogP contribution >= 0.6 is 0 Å². The standard InChI is InChI=1S/C16H19N3O3/c20-14(21)7-6-11-3-2-8-19(10-11)16(22)13-5-1-4-12-9-17-18-15(12)13/h1,4-5,9,11H,2-3,6-8,10H2,(H,17,18)(H,20,21). The number of rotatable bonds is 4. The first-order chi connectivity index (χ1) is 10.6. The summed E-state index contributed by atoms with van der Waals surface area (Å²) in [5.41, 5.74) is 1.40. The first-order valence-corrected chi connectivity index (χ1v) is 7.58. The van der Waals surface area contributed by atoms with Crippen LogP contribution in [0, 0.1) is 5.92 Å². The summed E-state index contributed by atoms with van der Waals surface area (Å²) in [6.45, 7) is 1.36. The zero-order chi connectivity index (χ0) is 15.5. The number of amides is 1. The summed E-state index contributed by atoms with van der Waals surface area (Å²) in [6, 6.07) is 5.59. The lowest BCUT2D eigenvalue weighted by atomic mass is 9.93. The number of carbonyl (C=O) groups excluding carboxylic acids is 1. The molecule has 3 rings (SSSR count). The largest absolute Gasteiger partial charge is 0.481 e. The number of nitrogens with zero attached hydrogens (tertiary/aromatic N) is 2. The summed E-state index contributed by atoms with van der Waals surface area (Å²) in [6.07, 6.45) is 4.43. The van der Waals surface area contributed by atoms with E-state index < -0.39 is 5.97 Å². The van der Waals surface area contributed by atoms with Crippen LogP contribution in [0.15, 0.2) is 24.4 Å². The van der Waals surface area contributed by atoms with Gasteiger partial charge in [-0.3, -0.25) is 14.7 Å². The van der Waals surface area contributed by atoms with Crippen molar-refractivity contribution < 1.29 is 14.7 Å². The van der Waals surface area contributed by atoms with Crippen LogP contribution in [0.2, 0.25) is 0 Å². The van der Waals surface area contributed by atoms with Crippen molar-refractivity contribution in [2.24, 2.45) is 5.92 Å². The molecule has 1 unspecified atom stereocenters. The molecule has 2 heterocycles. The third-order valence-corrected chi connectivity index (χ3v) is 4.28. The molecule has 0 saturated carbocycles. The Labute approximate surface area is 128 Å². The lowest BCUT2D eigenvalue weighted by Crippen LogP contribution is -2.40. The number of carboxylic acid groups (broad SMARTS) is 1. The molecule has 0 aliphatic carbocycles. The van der Waals surface area contributed by atoms with Gasteiger partial charge in [0, 0.05) is 24.9 Å². The number of carboxylic acids is 1. The van der Waals surface area contributed by atoms with Gasteiger partial charge in [-0.25, -0.2) is 0 Å². The van der Waals surface area contributed by atoms with Crippen molar-refractivity contribution in [1.82, 2.24) is 15.1 Å². The predicted molar refractivity (Wildman–Crippen MR) is 81.6 cm³/mol. The van der Waals surface area contributed by atoms with Gasteiger partial charge in [0.1, 0.15) is 0 Å². The van der Waals surface area contributed by atoms with E-state index in [0.29, 0.717) is 18.5 Å². The quantitative estimate of drug-likeness (QED) is 0.907. The molecule has 0 radical (unpaired) electrons. The second-order valence-corrected chi connectivity index (χ2v) is 5.83. The number of likely N-dealkylation sites (tertiary alicyclic amines) is 1. The van der Waals surface area contributed by atoms with E-state index in [1.165, 1.54) is 0 Å². The van der Waals surface area contributed by atoms with E-state index in [0.717, 1.165) is 30.3 Å². The zero-order valence-corrected chi connectivity index (χ0v) is 12.3. The number of hydrogen-bond donors (Lipinski definition) is 2. The highest BCUT2D eigenvalue weighted by atomic mass is 16.4. The maximum atomic E-state index is 12.8. The Morgan fingerprint density at radius 1 is 1.41 bits per heavy atom. The maximum Gasteiger partial charge on any atom is 0.303 e. The summed E-state index contributed by atoms with van der Waals surface area (Å²) in [5, 5.41) is 16.6. The van der Waals surface area contributed by atoms with Crippen molar-refractivity contribution in [2.45, 2.75) is 25.7 Å². The molecule has 1 saturated heterocycles. The van der Waals surface area contributed by atoms with Crippen LogP contribution in [0.25, 0.3) is 10.9 Å². The normalized spacial score (nSPS) is 18.5. The Hall–Kier alpha value is -2.37. The van der Waals surface area contributed by atoms with Gasteiger partial charge >= 0.3 is 5.97 Å². The molecule has 1 aliphatic rings. The van der Waals surface area contributed by atoms with Crippen molar-refractivity contribution in [2.75, 3.05) is 13.1 Å². The van der Waals surface area contributed by atoms with E-state index in [-0.39, 0.29) is 18.2 Å². The van der Waals surface area contributed by atoms with Crippen molar-refractivity contribution in [3.05, 3.63) is 30.0 Å². The van der Waals surface area contributed by atoms with Gasteiger partial charge in [0.2, 0.25) is 0 Å². The topological polar surface area (TPSA) is 86.3 Å².